The molecule has 4 heterocycles. The summed E-state index contributed by atoms with van der Waals surface area (Å²) < 4.78 is 20.5. The van der Waals surface area contributed by atoms with E-state index in [1.165, 1.54) is 16.3 Å². The number of methoxy groups -OCH3 is 1. The Balaban J connectivity index is 1.15. The lowest BCUT2D eigenvalue weighted by Crippen LogP contribution is -2.51. The zero-order chi connectivity index (χ0) is 29.8. The van der Waals surface area contributed by atoms with E-state index in [1.807, 2.05) is 6.20 Å². The van der Waals surface area contributed by atoms with Crippen molar-refractivity contribution in [1.29, 1.82) is 0 Å². The van der Waals surface area contributed by atoms with Crippen molar-refractivity contribution in [3.63, 3.8) is 0 Å². The fourth-order valence-corrected chi connectivity index (χ4v) is 6.01. The van der Waals surface area contributed by atoms with Gasteiger partial charge in [-0.15, -0.1) is 5.10 Å². The van der Waals surface area contributed by atoms with Crippen molar-refractivity contribution in [3.05, 3.63) is 64.6 Å². The van der Waals surface area contributed by atoms with Gasteiger partial charge >= 0.3 is 0 Å². The van der Waals surface area contributed by atoms with Crippen molar-refractivity contribution in [2.45, 2.75) is 57.4 Å². The van der Waals surface area contributed by atoms with Gasteiger partial charge in [0.1, 0.15) is 17.6 Å². The van der Waals surface area contributed by atoms with E-state index in [0.717, 1.165) is 79.8 Å². The molecule has 0 atom stereocenters. The second-order valence-corrected chi connectivity index (χ2v) is 11.5. The molecule has 11 nitrogen and oxygen atoms in total. The first-order chi connectivity index (χ1) is 21.0. The first kappa shape index (κ1) is 29.3. The molecule has 1 saturated heterocycles. The van der Waals surface area contributed by atoms with Crippen LogP contribution >= 0.6 is 0 Å². The van der Waals surface area contributed by atoms with Crippen molar-refractivity contribution in [1.82, 2.24) is 29.4 Å². The van der Waals surface area contributed by atoms with Crippen molar-refractivity contribution in [2.75, 3.05) is 45.3 Å². The highest BCUT2D eigenvalue weighted by Crippen LogP contribution is 2.36. The van der Waals surface area contributed by atoms with Crippen molar-refractivity contribution in [2.24, 2.45) is 7.05 Å². The number of ether oxygens (including phenoxy) is 3. The molecule has 1 aliphatic heterocycles. The minimum Gasteiger partial charge on any atom is -0.473 e. The van der Waals surface area contributed by atoms with E-state index in [9.17, 15) is 4.79 Å². The summed E-state index contributed by atoms with van der Waals surface area (Å²) in [6, 6.07) is 14.3. The molecule has 6 rings (SSSR count). The van der Waals surface area contributed by atoms with E-state index < -0.39 is 0 Å². The van der Waals surface area contributed by atoms with Crippen LogP contribution < -0.4 is 15.6 Å². The molecule has 0 radical (unpaired) electrons. The van der Waals surface area contributed by atoms with Gasteiger partial charge in [0, 0.05) is 75.7 Å². The van der Waals surface area contributed by atoms with Crippen LogP contribution in [0.15, 0.2) is 53.5 Å². The highest BCUT2D eigenvalue weighted by molar-refractivity contribution is 5.94. The Kier molecular flexibility index (Phi) is 9.01. The molecule has 1 N–H and O–H groups in total. The number of hydrogen-bond donors (Lipinski definition) is 1. The van der Waals surface area contributed by atoms with Crippen LogP contribution in [0, 0.1) is 0 Å². The lowest BCUT2D eigenvalue weighted by molar-refractivity contribution is -0.0698. The van der Waals surface area contributed by atoms with Gasteiger partial charge in [0.2, 0.25) is 5.88 Å². The third-order valence-electron chi connectivity index (χ3n) is 8.36. The summed E-state index contributed by atoms with van der Waals surface area (Å²) in [5, 5.41) is 13.8. The summed E-state index contributed by atoms with van der Waals surface area (Å²) in [5.74, 6) is 1.35. The van der Waals surface area contributed by atoms with Gasteiger partial charge in [-0.25, -0.2) is 9.67 Å². The van der Waals surface area contributed by atoms with Gasteiger partial charge in [-0.3, -0.25) is 14.4 Å². The zero-order valence-electron chi connectivity index (χ0n) is 25.2. The Hall–Kier alpha value is -3.80. The fourth-order valence-electron chi connectivity index (χ4n) is 6.01. The van der Waals surface area contributed by atoms with Crippen LogP contribution in [0.4, 0.5) is 5.82 Å². The SMILES string of the molecule is CCNc1cc2c(cn1)c(-c1ccc(CN3CC(OCCOC)C3)cc1)nn2[C@H]1CC[C@@H](Oc2ccc(=O)n(C)n2)CC1. The van der Waals surface area contributed by atoms with Crippen LogP contribution in [0.5, 0.6) is 5.88 Å². The number of aromatic nitrogens is 5. The number of aryl methyl sites for hydroxylation is 1. The lowest BCUT2D eigenvalue weighted by Gasteiger charge is -2.38. The molecule has 228 valence electrons. The van der Waals surface area contributed by atoms with Crippen LogP contribution in [0.1, 0.15) is 44.2 Å². The molecule has 4 aromatic rings. The van der Waals surface area contributed by atoms with Gasteiger partial charge < -0.3 is 19.5 Å². The van der Waals surface area contributed by atoms with Gasteiger partial charge in [0.05, 0.1) is 30.9 Å². The summed E-state index contributed by atoms with van der Waals surface area (Å²) in [5.41, 5.74) is 4.27. The molecule has 2 fully saturated rings. The minimum atomic E-state index is -0.146. The summed E-state index contributed by atoms with van der Waals surface area (Å²) in [4.78, 5) is 18.8. The number of benzene rings is 1. The van der Waals surface area contributed by atoms with Crippen LogP contribution in [0.25, 0.3) is 22.2 Å². The smallest absolute Gasteiger partial charge is 0.266 e. The summed E-state index contributed by atoms with van der Waals surface area (Å²) in [7, 11) is 3.34. The topological polar surface area (TPSA) is 109 Å². The molecule has 1 aliphatic carbocycles. The lowest BCUT2D eigenvalue weighted by atomic mass is 9.93. The van der Waals surface area contributed by atoms with E-state index in [1.54, 1.807) is 20.2 Å². The maximum absolute atomic E-state index is 11.7. The summed E-state index contributed by atoms with van der Waals surface area (Å²) in [6.07, 6.45) is 5.97. The van der Waals surface area contributed by atoms with Crippen LogP contribution in [0.2, 0.25) is 0 Å². The molecule has 2 aliphatic rings. The van der Waals surface area contributed by atoms with Gasteiger partial charge in [-0.05, 0) is 38.2 Å². The maximum atomic E-state index is 11.7. The Bertz CT molecular complexity index is 1570. The number of nitrogens with zero attached hydrogens (tertiary/aromatic N) is 6. The minimum absolute atomic E-state index is 0.0627. The van der Waals surface area contributed by atoms with E-state index in [-0.39, 0.29) is 17.7 Å². The fraction of sp³-hybridized carbons (Fsp3) is 0.500. The molecule has 1 aromatic carbocycles. The van der Waals surface area contributed by atoms with E-state index in [0.29, 0.717) is 25.2 Å². The van der Waals surface area contributed by atoms with E-state index in [4.69, 9.17) is 19.3 Å². The molecular weight excluding hydrogens is 546 g/mol. The molecule has 11 heteroatoms. The number of anilines is 1. The molecule has 0 spiro atoms. The average Bonchev–Trinajstić information content (AvgIpc) is 3.37. The number of fused-ring (bicyclic) bond motifs is 1. The van der Waals surface area contributed by atoms with Gasteiger partial charge in [-0.1, -0.05) is 24.3 Å². The molecule has 0 amide bonds. The Morgan fingerprint density at radius 1 is 0.977 bits per heavy atom. The highest BCUT2D eigenvalue weighted by Gasteiger charge is 2.28. The third kappa shape index (κ3) is 6.74. The molecule has 43 heavy (non-hydrogen) atoms. The monoisotopic (exact) mass is 587 g/mol. The van der Waals surface area contributed by atoms with Gasteiger partial charge in [0.25, 0.3) is 5.56 Å². The number of hydrogen-bond acceptors (Lipinski definition) is 9. The van der Waals surface area contributed by atoms with Crippen LogP contribution in [-0.2, 0) is 23.1 Å². The number of likely N-dealkylation sites (tertiary alicyclic amines) is 1. The first-order valence-electron chi connectivity index (χ1n) is 15.3. The second kappa shape index (κ2) is 13.2. The van der Waals surface area contributed by atoms with Crippen LogP contribution in [0.3, 0.4) is 0 Å². The number of rotatable bonds is 12. The van der Waals surface area contributed by atoms with E-state index in [2.05, 4.69) is 62.2 Å². The number of pyridine rings is 1. The zero-order valence-corrected chi connectivity index (χ0v) is 25.2. The average molecular weight is 588 g/mol. The van der Waals surface area contributed by atoms with Gasteiger partial charge in [-0.2, -0.15) is 5.10 Å². The molecule has 0 unspecified atom stereocenters. The Morgan fingerprint density at radius 2 is 1.77 bits per heavy atom. The molecule has 0 bridgehead atoms. The van der Waals surface area contributed by atoms with Gasteiger partial charge in [0.15, 0.2) is 0 Å². The standard InChI is InChI=1S/C32H41N7O4/c1-4-33-29-17-28-27(18-34-29)32(23-7-5-22(6-8-23)19-38-20-26(21-38)42-16-15-41-3)36-39(28)24-9-11-25(12-10-24)43-30-13-14-31(40)37(2)35-30/h5-8,13-14,17-18,24-26H,4,9-12,15-16,19-21H2,1-3H3,(H,33,34)/t24-,25+. The highest BCUT2D eigenvalue weighted by atomic mass is 16.5. The summed E-state index contributed by atoms with van der Waals surface area (Å²) in [6.45, 7) is 6.99. The van der Waals surface area contributed by atoms with E-state index >= 15 is 0 Å². The molecular formula is C32H41N7O4. The largest absolute Gasteiger partial charge is 0.473 e. The Morgan fingerprint density at radius 3 is 2.49 bits per heavy atom. The Labute approximate surface area is 251 Å². The molecule has 1 saturated carbocycles. The molecule has 3 aromatic heterocycles. The van der Waals surface area contributed by atoms with Crippen molar-refractivity contribution < 1.29 is 14.2 Å². The normalized spacial score (nSPS) is 19.4. The van der Waals surface area contributed by atoms with Crippen molar-refractivity contribution >= 4 is 16.7 Å². The van der Waals surface area contributed by atoms with Crippen LogP contribution in [-0.4, -0.2) is 81.6 Å². The predicted octanol–water partition coefficient (Wildman–Crippen LogP) is 4.03. The second-order valence-electron chi connectivity index (χ2n) is 11.5. The quantitative estimate of drug-likeness (QED) is 0.246. The number of nitrogens with one attached hydrogen (secondary N) is 1. The van der Waals surface area contributed by atoms with Crippen molar-refractivity contribution in [3.8, 4) is 17.1 Å². The predicted molar refractivity (Wildman–Crippen MR) is 165 cm³/mol. The summed E-state index contributed by atoms with van der Waals surface area (Å²) >= 11 is 0. The third-order valence-corrected chi connectivity index (χ3v) is 8.36. The maximum Gasteiger partial charge on any atom is 0.266 e. The first-order valence-corrected chi connectivity index (χ1v) is 15.3.